The van der Waals surface area contributed by atoms with Crippen LogP contribution >= 0.6 is 15.9 Å². The number of nitrogens with zero attached hydrogens (tertiary/aromatic N) is 2. The van der Waals surface area contributed by atoms with Crippen LogP contribution in [-0.4, -0.2) is 78.2 Å². The summed E-state index contributed by atoms with van der Waals surface area (Å²) in [6, 6.07) is 4.86. The number of carbonyl (C=O) groups excluding carboxylic acids is 3. The molecule has 0 aromatic heterocycles. The number of rotatable bonds is 8. The van der Waals surface area contributed by atoms with Gasteiger partial charge in [0.05, 0.1) is 6.61 Å². The number of ether oxygens (including phenoxy) is 1. The third-order valence-electron chi connectivity index (χ3n) is 6.20. The number of likely N-dealkylation sites (N-methyl/N-ethyl adjacent to an activating group) is 1. The van der Waals surface area contributed by atoms with E-state index in [9.17, 15) is 14.4 Å². The fourth-order valence-electron chi connectivity index (χ4n) is 4.23. The number of fused-ring (bicyclic) bond motifs is 1. The van der Waals surface area contributed by atoms with Crippen LogP contribution < -0.4 is 15.4 Å². The molecular formula is C28H47BrN4O4. The van der Waals surface area contributed by atoms with Crippen LogP contribution in [0.4, 0.5) is 0 Å². The SMILES string of the molecule is CC.CC.CCN1CCNCC1.O=C1CCC(N2Cc3cc(OCCCCCBr)ccc3C2=O)C(=O)N1. The van der Waals surface area contributed by atoms with E-state index in [1.807, 2.05) is 33.8 Å². The van der Waals surface area contributed by atoms with E-state index in [1.165, 1.54) is 32.7 Å². The summed E-state index contributed by atoms with van der Waals surface area (Å²) in [6.45, 7) is 17.3. The summed E-state index contributed by atoms with van der Waals surface area (Å²) in [5.74, 6) is -0.0782. The summed E-state index contributed by atoms with van der Waals surface area (Å²) < 4.78 is 5.76. The fraction of sp³-hybridized carbons (Fsp3) is 0.679. The molecule has 3 aliphatic heterocycles. The van der Waals surface area contributed by atoms with Crippen molar-refractivity contribution in [2.45, 2.75) is 79.3 Å². The molecule has 1 atom stereocenters. The fourth-order valence-corrected chi connectivity index (χ4v) is 4.63. The van der Waals surface area contributed by atoms with Gasteiger partial charge in [0.2, 0.25) is 11.8 Å². The number of benzene rings is 1. The summed E-state index contributed by atoms with van der Waals surface area (Å²) in [5, 5.41) is 6.62. The van der Waals surface area contributed by atoms with Gasteiger partial charge in [-0.25, -0.2) is 0 Å². The van der Waals surface area contributed by atoms with Gasteiger partial charge in [-0.15, -0.1) is 0 Å². The zero-order valence-electron chi connectivity index (χ0n) is 23.4. The van der Waals surface area contributed by atoms with Gasteiger partial charge in [0.1, 0.15) is 11.8 Å². The minimum atomic E-state index is -0.578. The van der Waals surface area contributed by atoms with Crippen LogP contribution in [0.5, 0.6) is 5.75 Å². The van der Waals surface area contributed by atoms with Crippen molar-refractivity contribution in [2.75, 3.05) is 44.7 Å². The Kier molecular flexibility index (Phi) is 17.1. The quantitative estimate of drug-likeness (QED) is 0.269. The Bertz CT molecular complexity index is 830. The van der Waals surface area contributed by atoms with Gasteiger partial charge >= 0.3 is 0 Å². The highest BCUT2D eigenvalue weighted by Gasteiger charge is 2.39. The lowest BCUT2D eigenvalue weighted by atomic mass is 10.0. The summed E-state index contributed by atoms with van der Waals surface area (Å²) >= 11 is 3.41. The van der Waals surface area contributed by atoms with E-state index in [0.717, 1.165) is 35.9 Å². The standard InChI is InChI=1S/C18H21BrN2O4.C6H14N2.2C2H6/c19-8-2-1-3-9-25-13-4-5-14-12(10-13)11-21(18(14)24)15-6-7-16(22)20-17(15)23;1-2-8-5-3-7-4-6-8;2*1-2/h4-5,10,15H,1-3,6-9,11H2,(H,20,22,23);7H,2-6H2,1H3;2*1-2H3. The first-order valence-corrected chi connectivity index (χ1v) is 15.0. The van der Waals surface area contributed by atoms with Crippen molar-refractivity contribution in [3.05, 3.63) is 29.3 Å². The topological polar surface area (TPSA) is 91.0 Å². The molecule has 2 fully saturated rings. The average Bonchev–Trinajstić information content (AvgIpc) is 3.27. The van der Waals surface area contributed by atoms with E-state index in [-0.39, 0.29) is 24.1 Å². The molecule has 1 unspecified atom stereocenters. The third kappa shape index (κ3) is 10.7. The predicted octanol–water partition coefficient (Wildman–Crippen LogP) is 4.36. The summed E-state index contributed by atoms with van der Waals surface area (Å²) in [7, 11) is 0. The third-order valence-corrected chi connectivity index (χ3v) is 6.76. The van der Waals surface area contributed by atoms with Gasteiger partial charge in [-0.05, 0) is 56.0 Å². The largest absolute Gasteiger partial charge is 0.494 e. The first-order chi connectivity index (χ1) is 18.0. The number of hydrogen-bond donors (Lipinski definition) is 2. The Morgan fingerprint density at radius 2 is 1.73 bits per heavy atom. The van der Waals surface area contributed by atoms with Crippen molar-refractivity contribution in [3.63, 3.8) is 0 Å². The zero-order chi connectivity index (χ0) is 27.6. The van der Waals surface area contributed by atoms with Crippen molar-refractivity contribution in [1.29, 1.82) is 0 Å². The first-order valence-electron chi connectivity index (χ1n) is 13.9. The number of piperidine rings is 1. The molecule has 0 aliphatic carbocycles. The summed E-state index contributed by atoms with van der Waals surface area (Å²) in [4.78, 5) is 39.9. The van der Waals surface area contributed by atoms with E-state index in [2.05, 4.69) is 38.4 Å². The second-order valence-electron chi connectivity index (χ2n) is 8.50. The van der Waals surface area contributed by atoms with E-state index < -0.39 is 6.04 Å². The van der Waals surface area contributed by atoms with Gasteiger partial charge in [0.25, 0.3) is 5.91 Å². The van der Waals surface area contributed by atoms with E-state index >= 15 is 0 Å². The smallest absolute Gasteiger partial charge is 0.255 e. The monoisotopic (exact) mass is 582 g/mol. The molecule has 3 heterocycles. The Hall–Kier alpha value is -1.97. The molecule has 8 nitrogen and oxygen atoms in total. The number of imide groups is 1. The minimum Gasteiger partial charge on any atom is -0.494 e. The summed E-state index contributed by atoms with van der Waals surface area (Å²) in [6.07, 6.45) is 3.87. The molecule has 0 spiro atoms. The molecule has 37 heavy (non-hydrogen) atoms. The number of carbonyl (C=O) groups is 3. The zero-order valence-corrected chi connectivity index (χ0v) is 25.0. The molecule has 3 aliphatic rings. The molecule has 0 saturated carbocycles. The van der Waals surface area contributed by atoms with Crippen molar-refractivity contribution in [1.82, 2.24) is 20.4 Å². The van der Waals surface area contributed by atoms with Crippen LogP contribution in [0.1, 0.15) is 82.6 Å². The van der Waals surface area contributed by atoms with Crippen molar-refractivity contribution < 1.29 is 19.1 Å². The van der Waals surface area contributed by atoms with Gasteiger partial charge in [0.15, 0.2) is 0 Å². The lowest BCUT2D eigenvalue weighted by Gasteiger charge is -2.29. The van der Waals surface area contributed by atoms with E-state index in [4.69, 9.17) is 4.74 Å². The van der Waals surface area contributed by atoms with Gasteiger partial charge < -0.3 is 19.9 Å². The van der Waals surface area contributed by atoms with Crippen LogP contribution in [0, 0.1) is 0 Å². The highest BCUT2D eigenvalue weighted by molar-refractivity contribution is 9.09. The lowest BCUT2D eigenvalue weighted by Crippen LogP contribution is -2.52. The Labute approximate surface area is 232 Å². The van der Waals surface area contributed by atoms with Crippen LogP contribution in [0.3, 0.4) is 0 Å². The van der Waals surface area contributed by atoms with Crippen molar-refractivity contribution in [3.8, 4) is 5.75 Å². The number of alkyl halides is 1. The average molecular weight is 584 g/mol. The predicted molar refractivity (Wildman–Crippen MR) is 153 cm³/mol. The molecule has 9 heteroatoms. The normalized spacial score (nSPS) is 18.8. The maximum absolute atomic E-state index is 12.6. The van der Waals surface area contributed by atoms with Gasteiger partial charge in [-0.2, -0.15) is 0 Å². The number of hydrogen-bond acceptors (Lipinski definition) is 6. The number of nitrogens with one attached hydrogen (secondary N) is 2. The molecular weight excluding hydrogens is 536 g/mol. The van der Waals surface area contributed by atoms with Crippen LogP contribution in [-0.2, 0) is 16.1 Å². The molecule has 1 aromatic carbocycles. The first kappa shape index (κ1) is 33.1. The second kappa shape index (κ2) is 19.2. The van der Waals surface area contributed by atoms with Crippen LogP contribution in [0.15, 0.2) is 18.2 Å². The highest BCUT2D eigenvalue weighted by Crippen LogP contribution is 2.30. The number of unbranched alkanes of at least 4 members (excludes halogenated alkanes) is 2. The Morgan fingerprint density at radius 1 is 1.03 bits per heavy atom. The van der Waals surface area contributed by atoms with Crippen LogP contribution in [0.2, 0.25) is 0 Å². The highest BCUT2D eigenvalue weighted by atomic mass is 79.9. The molecule has 4 rings (SSSR count). The molecule has 2 N–H and O–H groups in total. The Balaban J connectivity index is 0.000000478. The van der Waals surface area contributed by atoms with Crippen LogP contribution in [0.25, 0.3) is 0 Å². The summed E-state index contributed by atoms with van der Waals surface area (Å²) in [5.41, 5.74) is 1.48. The molecule has 1 aromatic rings. The number of halogens is 1. The lowest BCUT2D eigenvalue weighted by molar-refractivity contribution is -0.136. The molecule has 3 amide bonds. The van der Waals surface area contributed by atoms with Gasteiger partial charge in [-0.3, -0.25) is 19.7 Å². The van der Waals surface area contributed by atoms with Gasteiger partial charge in [-0.1, -0.05) is 50.5 Å². The maximum Gasteiger partial charge on any atom is 0.255 e. The Morgan fingerprint density at radius 3 is 2.32 bits per heavy atom. The molecule has 2 saturated heterocycles. The number of piperazine rings is 1. The van der Waals surface area contributed by atoms with E-state index in [0.29, 0.717) is 25.1 Å². The molecule has 0 radical (unpaired) electrons. The molecule has 0 bridgehead atoms. The van der Waals surface area contributed by atoms with Crippen molar-refractivity contribution in [2.24, 2.45) is 0 Å². The van der Waals surface area contributed by atoms with Gasteiger partial charge in [0, 0.05) is 50.0 Å². The maximum atomic E-state index is 12.6. The van der Waals surface area contributed by atoms with E-state index in [1.54, 1.807) is 17.0 Å². The number of amides is 3. The van der Waals surface area contributed by atoms with Crippen molar-refractivity contribution >= 4 is 33.7 Å². The second-order valence-corrected chi connectivity index (χ2v) is 9.29. The molecule has 210 valence electrons. The minimum absolute atomic E-state index is 0.159.